The Balaban J connectivity index is 1.08. The summed E-state index contributed by atoms with van der Waals surface area (Å²) >= 11 is 0. The van der Waals surface area contributed by atoms with Gasteiger partial charge in [-0.25, -0.2) is 0 Å². The molecule has 1 spiro atoms. The molecule has 5 aromatic carbocycles. The zero-order valence-electron chi connectivity index (χ0n) is 33.4. The molecule has 57 heavy (non-hydrogen) atoms. The van der Waals surface area contributed by atoms with Crippen molar-refractivity contribution < 1.29 is 0 Å². The number of fused-ring (bicyclic) bond motifs is 7. The minimum atomic E-state index is -0.306. The molecule has 0 aliphatic heterocycles. The fourth-order valence-electron chi connectivity index (χ4n) is 12.7. The van der Waals surface area contributed by atoms with Gasteiger partial charge in [0.05, 0.1) is 5.41 Å². The van der Waals surface area contributed by atoms with E-state index in [0.29, 0.717) is 17.8 Å². The molecule has 0 heterocycles. The van der Waals surface area contributed by atoms with E-state index in [-0.39, 0.29) is 22.2 Å². The molecule has 0 heteroatoms. The first-order chi connectivity index (χ1) is 27.8. The summed E-state index contributed by atoms with van der Waals surface area (Å²) < 4.78 is 0. The third-order valence-electron chi connectivity index (χ3n) is 15.2. The summed E-state index contributed by atoms with van der Waals surface area (Å²) in [7, 11) is 0. The molecule has 6 atom stereocenters. The van der Waals surface area contributed by atoms with Gasteiger partial charge in [0, 0.05) is 16.7 Å². The number of hydrogen-bond donors (Lipinski definition) is 0. The van der Waals surface area contributed by atoms with E-state index < -0.39 is 0 Å². The minimum Gasteiger partial charge on any atom is -0.0839 e. The van der Waals surface area contributed by atoms with Gasteiger partial charge >= 0.3 is 0 Å². The molecule has 276 valence electrons. The van der Waals surface area contributed by atoms with Crippen molar-refractivity contribution in [2.24, 2.45) is 23.7 Å². The van der Waals surface area contributed by atoms with Crippen molar-refractivity contribution in [1.29, 1.82) is 0 Å². The van der Waals surface area contributed by atoms with Crippen LogP contribution in [0.1, 0.15) is 90.6 Å². The Morgan fingerprint density at radius 2 is 1.33 bits per heavy atom. The second-order valence-electron chi connectivity index (χ2n) is 18.5. The van der Waals surface area contributed by atoms with Crippen molar-refractivity contribution in [2.45, 2.75) is 56.8 Å². The molecule has 0 aromatic heterocycles. The lowest BCUT2D eigenvalue weighted by Gasteiger charge is -2.37. The summed E-state index contributed by atoms with van der Waals surface area (Å²) in [6, 6.07) is 44.8. The quantitative estimate of drug-likeness (QED) is 0.170. The Morgan fingerprint density at radius 3 is 2.16 bits per heavy atom. The van der Waals surface area contributed by atoms with Gasteiger partial charge in [0.25, 0.3) is 0 Å². The van der Waals surface area contributed by atoms with Crippen molar-refractivity contribution in [2.75, 3.05) is 0 Å². The topological polar surface area (TPSA) is 0 Å². The predicted molar refractivity (Wildman–Crippen MR) is 238 cm³/mol. The molecule has 1 fully saturated rings. The summed E-state index contributed by atoms with van der Waals surface area (Å²) in [6.45, 7) is 9.72. The number of rotatable bonds is 3. The van der Waals surface area contributed by atoms with E-state index in [1.165, 1.54) is 83.5 Å². The Bertz CT molecular complexity index is 2810. The molecule has 5 aromatic rings. The van der Waals surface area contributed by atoms with Crippen LogP contribution in [0.25, 0.3) is 27.8 Å². The summed E-state index contributed by atoms with van der Waals surface area (Å²) in [5.74, 6) is 1.81. The van der Waals surface area contributed by atoms with Crippen LogP contribution in [0.2, 0.25) is 0 Å². The SMILES string of the molecule is CC1CC=CC2=C(C1)c1ccc(C3(c4ccc5c(c4)-c4ccccc4/C5=C4\C=CC(c5ccccc5)=CC4C)c4ccccc4C45C=CC=CC4C35)cc1C2(C)C. The van der Waals surface area contributed by atoms with E-state index in [0.717, 1.165) is 12.8 Å². The van der Waals surface area contributed by atoms with Crippen LogP contribution in [0.15, 0.2) is 181 Å². The maximum Gasteiger partial charge on any atom is 0.0500 e. The van der Waals surface area contributed by atoms with E-state index in [2.05, 4.69) is 198 Å². The lowest BCUT2D eigenvalue weighted by atomic mass is 9.65. The highest BCUT2D eigenvalue weighted by Crippen LogP contribution is 2.78. The highest BCUT2D eigenvalue weighted by atomic mass is 14.8. The highest BCUT2D eigenvalue weighted by Gasteiger charge is 2.77. The van der Waals surface area contributed by atoms with Gasteiger partial charge in [0.1, 0.15) is 0 Å². The van der Waals surface area contributed by atoms with Gasteiger partial charge in [0.15, 0.2) is 0 Å². The van der Waals surface area contributed by atoms with Crippen LogP contribution in [0.5, 0.6) is 0 Å². The third-order valence-corrected chi connectivity index (χ3v) is 15.2. The first-order valence-electron chi connectivity index (χ1n) is 21.3. The van der Waals surface area contributed by atoms with Crippen molar-refractivity contribution in [3.05, 3.63) is 231 Å². The van der Waals surface area contributed by atoms with Crippen LogP contribution in [-0.4, -0.2) is 0 Å². The fourth-order valence-corrected chi connectivity index (χ4v) is 12.7. The van der Waals surface area contributed by atoms with Crippen LogP contribution < -0.4 is 0 Å². The van der Waals surface area contributed by atoms with Crippen molar-refractivity contribution in [1.82, 2.24) is 0 Å². The maximum atomic E-state index is 2.66. The molecular weight excluding hydrogens is 685 g/mol. The average molecular weight is 733 g/mol. The van der Waals surface area contributed by atoms with Crippen LogP contribution in [0.3, 0.4) is 0 Å². The molecule has 6 unspecified atom stereocenters. The molecule has 7 aliphatic rings. The van der Waals surface area contributed by atoms with Gasteiger partial charge in [0.2, 0.25) is 0 Å². The smallest absolute Gasteiger partial charge is 0.0500 e. The molecule has 0 bridgehead atoms. The Morgan fingerprint density at radius 1 is 0.614 bits per heavy atom. The zero-order valence-corrected chi connectivity index (χ0v) is 33.4. The molecular formula is C57H48. The van der Waals surface area contributed by atoms with Crippen LogP contribution in [0.4, 0.5) is 0 Å². The molecule has 0 radical (unpaired) electrons. The molecule has 12 rings (SSSR count). The van der Waals surface area contributed by atoms with Crippen LogP contribution in [-0.2, 0) is 16.2 Å². The van der Waals surface area contributed by atoms with Crippen LogP contribution in [0, 0.1) is 23.7 Å². The first-order valence-corrected chi connectivity index (χ1v) is 21.3. The zero-order chi connectivity index (χ0) is 38.3. The van der Waals surface area contributed by atoms with Crippen LogP contribution >= 0.6 is 0 Å². The monoisotopic (exact) mass is 732 g/mol. The normalized spacial score (nSPS) is 30.1. The summed E-state index contributed by atoms with van der Waals surface area (Å²) in [5.41, 5.74) is 22.4. The van der Waals surface area contributed by atoms with Gasteiger partial charge in [-0.15, -0.1) is 0 Å². The lowest BCUT2D eigenvalue weighted by Crippen LogP contribution is -2.32. The molecule has 7 aliphatic carbocycles. The average Bonchev–Trinajstić information content (AvgIpc) is 3.73. The van der Waals surface area contributed by atoms with E-state index in [4.69, 9.17) is 0 Å². The van der Waals surface area contributed by atoms with Gasteiger partial charge in [-0.3, -0.25) is 0 Å². The summed E-state index contributed by atoms with van der Waals surface area (Å²) in [4.78, 5) is 0. The number of benzene rings is 5. The van der Waals surface area contributed by atoms with E-state index in [1.807, 2.05) is 0 Å². The lowest BCUT2D eigenvalue weighted by molar-refractivity contribution is 0.523. The van der Waals surface area contributed by atoms with Gasteiger partial charge in [-0.05, 0) is 126 Å². The van der Waals surface area contributed by atoms with E-state index in [9.17, 15) is 0 Å². The Kier molecular flexibility index (Phi) is 6.84. The molecule has 1 saturated carbocycles. The first kappa shape index (κ1) is 33.4. The molecule has 0 nitrogen and oxygen atoms in total. The standard InChI is InChI=1S/C57H48/c1-35-15-14-23-48-47(31-35)43-28-25-40(34-52(43)55(48,3)4)57(50-21-11-10-20-49(50)56-30-13-12-22-51(56)54(56)57)39-26-29-45-46(33-39)42-18-8-9-19-44(42)53(45)41-27-24-38(32-36(41)2)37-16-6-5-7-17-37/h5-14,16-30,32-36,51,54H,15,31H2,1-4H3/b53-41-. The second-order valence-corrected chi connectivity index (χ2v) is 18.5. The summed E-state index contributed by atoms with van der Waals surface area (Å²) in [5, 5.41) is 0. The fraction of sp³-hybridized carbons (Fsp3) is 0.228. The Labute approximate surface area is 338 Å². The van der Waals surface area contributed by atoms with Crippen molar-refractivity contribution >= 4 is 16.7 Å². The molecule has 0 N–H and O–H groups in total. The summed E-state index contributed by atoms with van der Waals surface area (Å²) in [6.07, 6.45) is 24.1. The van der Waals surface area contributed by atoms with E-state index in [1.54, 1.807) is 5.57 Å². The number of allylic oxidation sites excluding steroid dienone is 13. The minimum absolute atomic E-state index is 0.0165. The van der Waals surface area contributed by atoms with Gasteiger partial charge < -0.3 is 0 Å². The third kappa shape index (κ3) is 4.29. The van der Waals surface area contributed by atoms with Gasteiger partial charge in [-0.2, -0.15) is 0 Å². The van der Waals surface area contributed by atoms with Crippen molar-refractivity contribution in [3.8, 4) is 11.1 Å². The molecule has 0 saturated heterocycles. The molecule has 0 amide bonds. The Hall–Kier alpha value is -5.72. The van der Waals surface area contributed by atoms with E-state index >= 15 is 0 Å². The highest BCUT2D eigenvalue weighted by molar-refractivity contribution is 6.04. The van der Waals surface area contributed by atoms with Gasteiger partial charge in [-0.1, -0.05) is 192 Å². The maximum absolute atomic E-state index is 2.66. The predicted octanol–water partition coefficient (Wildman–Crippen LogP) is 13.7. The second kappa shape index (κ2) is 11.7. The van der Waals surface area contributed by atoms with Crippen molar-refractivity contribution in [3.63, 3.8) is 0 Å². The number of hydrogen-bond acceptors (Lipinski definition) is 0. The largest absolute Gasteiger partial charge is 0.0839 e.